The van der Waals surface area contributed by atoms with Gasteiger partial charge in [0.05, 0.1) is 11.0 Å². The standard InChI is InChI=1S/C20H23F2N3/c1-4-6-7-10-23-13(3)15(5-2)20-24-18-11-16(21)17(22)12-19(18)25(20)14-8-9-14/h5,7,10-12,14H,4,6,8-9H2,1-3H3/b10-7+,15-5+,23-13+. The first-order valence-corrected chi connectivity index (χ1v) is 8.80. The van der Waals surface area contributed by atoms with Gasteiger partial charge in [0, 0.05) is 35.7 Å². The molecule has 132 valence electrons. The zero-order valence-electron chi connectivity index (χ0n) is 14.9. The highest BCUT2D eigenvalue weighted by atomic mass is 19.2. The molecule has 0 atom stereocenters. The Morgan fingerprint density at radius 3 is 2.68 bits per heavy atom. The van der Waals surface area contributed by atoms with E-state index in [2.05, 4.69) is 16.9 Å². The highest BCUT2D eigenvalue weighted by Crippen LogP contribution is 2.40. The molecule has 1 aliphatic carbocycles. The van der Waals surface area contributed by atoms with Gasteiger partial charge >= 0.3 is 0 Å². The molecular formula is C20H23F2N3. The highest BCUT2D eigenvalue weighted by molar-refractivity contribution is 6.22. The molecule has 0 N–H and O–H groups in total. The predicted molar refractivity (Wildman–Crippen MR) is 98.7 cm³/mol. The average molecular weight is 343 g/mol. The summed E-state index contributed by atoms with van der Waals surface area (Å²) < 4.78 is 29.4. The van der Waals surface area contributed by atoms with Gasteiger partial charge in [0.2, 0.25) is 0 Å². The second kappa shape index (κ2) is 7.30. The van der Waals surface area contributed by atoms with Gasteiger partial charge in [-0.25, -0.2) is 13.8 Å². The number of aliphatic imine (C=N–C) groups is 1. The van der Waals surface area contributed by atoms with Gasteiger partial charge in [-0.2, -0.15) is 0 Å². The minimum Gasteiger partial charge on any atom is -0.321 e. The number of rotatable bonds is 6. The minimum atomic E-state index is -0.866. The molecule has 0 bridgehead atoms. The lowest BCUT2D eigenvalue weighted by molar-refractivity contribution is 0.510. The Labute approximate surface area is 146 Å². The molecule has 5 heteroatoms. The summed E-state index contributed by atoms with van der Waals surface area (Å²) in [5.74, 6) is -0.972. The van der Waals surface area contributed by atoms with Crippen LogP contribution in [0.4, 0.5) is 8.78 Å². The monoisotopic (exact) mass is 343 g/mol. The van der Waals surface area contributed by atoms with Crippen molar-refractivity contribution in [2.45, 2.75) is 52.5 Å². The van der Waals surface area contributed by atoms with Crippen LogP contribution in [0.15, 0.2) is 35.5 Å². The molecule has 25 heavy (non-hydrogen) atoms. The van der Waals surface area contributed by atoms with Gasteiger partial charge in [-0.3, -0.25) is 4.99 Å². The maximum atomic E-state index is 13.7. The van der Waals surface area contributed by atoms with Crippen LogP contribution in [0.3, 0.4) is 0 Å². The van der Waals surface area contributed by atoms with Crippen molar-refractivity contribution >= 4 is 22.3 Å². The van der Waals surface area contributed by atoms with Crippen LogP contribution >= 0.6 is 0 Å². The lowest BCUT2D eigenvalue weighted by Crippen LogP contribution is -2.06. The topological polar surface area (TPSA) is 30.2 Å². The van der Waals surface area contributed by atoms with Gasteiger partial charge in [0.25, 0.3) is 0 Å². The first-order chi connectivity index (χ1) is 12.1. The van der Waals surface area contributed by atoms with Crippen LogP contribution in [0.2, 0.25) is 0 Å². The van der Waals surface area contributed by atoms with Gasteiger partial charge in [0.15, 0.2) is 11.6 Å². The van der Waals surface area contributed by atoms with Crippen molar-refractivity contribution in [3.63, 3.8) is 0 Å². The number of halogens is 2. The molecule has 0 saturated heterocycles. The Hall–Kier alpha value is -2.30. The summed E-state index contributed by atoms with van der Waals surface area (Å²) >= 11 is 0. The molecule has 0 spiro atoms. The van der Waals surface area contributed by atoms with Crippen molar-refractivity contribution in [1.82, 2.24) is 9.55 Å². The zero-order valence-corrected chi connectivity index (χ0v) is 14.9. The quantitative estimate of drug-likeness (QED) is 0.607. The van der Waals surface area contributed by atoms with Crippen LogP contribution in [0.1, 0.15) is 58.3 Å². The number of aromatic nitrogens is 2. The van der Waals surface area contributed by atoms with Crippen LogP contribution in [-0.4, -0.2) is 15.3 Å². The normalized spacial score (nSPS) is 16.4. The molecular weight excluding hydrogens is 320 g/mol. The van der Waals surface area contributed by atoms with Gasteiger partial charge in [0.1, 0.15) is 5.82 Å². The molecule has 0 amide bonds. The van der Waals surface area contributed by atoms with E-state index in [1.807, 2.05) is 36.8 Å². The Bertz CT molecular complexity index is 871. The van der Waals surface area contributed by atoms with Crippen LogP contribution in [0, 0.1) is 11.6 Å². The van der Waals surface area contributed by atoms with E-state index in [1.165, 1.54) is 12.1 Å². The smallest absolute Gasteiger partial charge is 0.161 e. The first kappa shape index (κ1) is 17.5. The zero-order chi connectivity index (χ0) is 18.0. The summed E-state index contributed by atoms with van der Waals surface area (Å²) in [4.78, 5) is 9.10. The number of benzene rings is 1. The molecule has 3 rings (SSSR count). The second-order valence-corrected chi connectivity index (χ2v) is 6.38. The van der Waals surface area contributed by atoms with Gasteiger partial charge in [-0.1, -0.05) is 25.5 Å². The molecule has 0 aliphatic heterocycles. The Balaban J connectivity index is 2.08. The number of hydrogen-bond acceptors (Lipinski definition) is 2. The SMILES string of the molecule is C\C=C(/C(C)=N/C=C/CCC)c1nc2cc(F)c(F)cc2n1C1CC1. The molecule has 2 aromatic rings. The van der Waals surface area contributed by atoms with Gasteiger partial charge in [-0.05, 0) is 33.1 Å². The third-order valence-electron chi connectivity index (χ3n) is 4.39. The number of nitrogens with zero attached hydrogens (tertiary/aromatic N) is 3. The maximum absolute atomic E-state index is 13.7. The van der Waals surface area contributed by atoms with Crippen LogP contribution < -0.4 is 0 Å². The number of hydrogen-bond donors (Lipinski definition) is 0. The van der Waals surface area contributed by atoms with E-state index in [-0.39, 0.29) is 0 Å². The molecule has 1 aliphatic rings. The van der Waals surface area contributed by atoms with E-state index in [1.54, 1.807) is 0 Å². The van der Waals surface area contributed by atoms with E-state index in [0.717, 1.165) is 42.8 Å². The number of allylic oxidation sites excluding steroid dienone is 3. The van der Waals surface area contributed by atoms with Crippen molar-refractivity contribution in [3.05, 3.63) is 47.9 Å². The number of fused-ring (bicyclic) bond motifs is 1. The molecule has 1 aromatic heterocycles. The summed E-state index contributed by atoms with van der Waals surface area (Å²) in [5, 5.41) is 0. The first-order valence-electron chi connectivity index (χ1n) is 8.80. The van der Waals surface area contributed by atoms with Crippen molar-refractivity contribution in [3.8, 4) is 0 Å². The predicted octanol–water partition coefficient (Wildman–Crippen LogP) is 5.83. The van der Waals surface area contributed by atoms with E-state index < -0.39 is 11.6 Å². The lowest BCUT2D eigenvalue weighted by atomic mass is 10.1. The van der Waals surface area contributed by atoms with Gasteiger partial charge in [-0.15, -0.1) is 0 Å². The summed E-state index contributed by atoms with van der Waals surface area (Å²) in [6.45, 7) is 5.99. The van der Waals surface area contributed by atoms with Crippen molar-refractivity contribution in [2.75, 3.05) is 0 Å². The van der Waals surface area contributed by atoms with E-state index in [9.17, 15) is 8.78 Å². The third-order valence-corrected chi connectivity index (χ3v) is 4.39. The number of imidazole rings is 1. The maximum Gasteiger partial charge on any atom is 0.161 e. The van der Waals surface area contributed by atoms with E-state index in [0.29, 0.717) is 17.1 Å². The molecule has 0 radical (unpaired) electrons. The third kappa shape index (κ3) is 3.55. The fourth-order valence-electron chi connectivity index (χ4n) is 2.96. The molecule has 1 saturated carbocycles. The van der Waals surface area contributed by atoms with Crippen molar-refractivity contribution in [2.24, 2.45) is 4.99 Å². The number of unbranched alkanes of at least 4 members (excludes halogenated alkanes) is 1. The fraction of sp³-hybridized carbons (Fsp3) is 0.400. The fourth-order valence-corrected chi connectivity index (χ4v) is 2.96. The molecule has 3 nitrogen and oxygen atoms in total. The molecule has 0 unspecified atom stereocenters. The lowest BCUT2D eigenvalue weighted by Gasteiger charge is -2.10. The van der Waals surface area contributed by atoms with Crippen LogP contribution in [0.5, 0.6) is 0 Å². The second-order valence-electron chi connectivity index (χ2n) is 6.38. The molecule has 1 aromatic carbocycles. The van der Waals surface area contributed by atoms with Gasteiger partial charge < -0.3 is 4.57 Å². The summed E-state index contributed by atoms with van der Waals surface area (Å²) in [6.07, 6.45) is 9.93. The summed E-state index contributed by atoms with van der Waals surface area (Å²) in [6, 6.07) is 2.72. The van der Waals surface area contributed by atoms with E-state index in [4.69, 9.17) is 0 Å². The Morgan fingerprint density at radius 1 is 1.32 bits per heavy atom. The summed E-state index contributed by atoms with van der Waals surface area (Å²) in [7, 11) is 0. The van der Waals surface area contributed by atoms with Crippen molar-refractivity contribution in [1.29, 1.82) is 0 Å². The molecule has 1 fully saturated rings. The van der Waals surface area contributed by atoms with E-state index >= 15 is 0 Å². The highest BCUT2D eigenvalue weighted by Gasteiger charge is 2.30. The van der Waals surface area contributed by atoms with Crippen LogP contribution in [-0.2, 0) is 0 Å². The minimum absolute atomic E-state index is 0.295. The van der Waals surface area contributed by atoms with Crippen molar-refractivity contribution < 1.29 is 8.78 Å². The summed E-state index contributed by atoms with van der Waals surface area (Å²) in [5.41, 5.74) is 2.86. The average Bonchev–Trinajstić information content (AvgIpc) is 3.36. The molecule has 1 heterocycles. The Kier molecular flexibility index (Phi) is 5.11. The largest absolute Gasteiger partial charge is 0.321 e. The Morgan fingerprint density at radius 2 is 2.04 bits per heavy atom. The van der Waals surface area contributed by atoms with Crippen LogP contribution in [0.25, 0.3) is 16.6 Å².